The third kappa shape index (κ3) is 6.08. The molecule has 1 saturated heterocycles. The van der Waals surface area contributed by atoms with Crippen LogP contribution < -0.4 is 5.32 Å². The van der Waals surface area contributed by atoms with Crippen LogP contribution in [0.5, 0.6) is 0 Å². The third-order valence-corrected chi connectivity index (χ3v) is 5.94. The maximum absolute atomic E-state index is 12.6. The third-order valence-electron chi connectivity index (χ3n) is 5.03. The Balaban J connectivity index is 1.25. The van der Waals surface area contributed by atoms with Crippen LogP contribution in [0.4, 0.5) is 4.79 Å². The number of amides is 3. The maximum Gasteiger partial charge on any atom is 0.293 e. The molecule has 4 rings (SSSR count). The zero-order valence-electron chi connectivity index (χ0n) is 18.5. The monoisotopic (exact) mass is 473 g/mol. The van der Waals surface area contributed by atoms with Crippen molar-refractivity contribution in [2.45, 2.75) is 13.5 Å². The quantitative estimate of drug-likeness (QED) is 0.503. The van der Waals surface area contributed by atoms with Crippen LogP contribution in [0.25, 0.3) is 12.2 Å². The lowest BCUT2D eigenvalue weighted by Gasteiger charge is -2.12. The Kier molecular flexibility index (Phi) is 7.34. The number of rotatable bonds is 8. The molecule has 1 aromatic heterocycles. The molecule has 2 aromatic carbocycles. The van der Waals surface area contributed by atoms with Crippen molar-refractivity contribution in [3.05, 3.63) is 94.2 Å². The summed E-state index contributed by atoms with van der Waals surface area (Å²) < 4.78 is 1.69. The van der Waals surface area contributed by atoms with Crippen LogP contribution in [-0.2, 0) is 16.1 Å². The highest BCUT2D eigenvalue weighted by Gasteiger charge is 2.34. The van der Waals surface area contributed by atoms with Gasteiger partial charge in [-0.3, -0.25) is 19.3 Å². The lowest BCUT2D eigenvalue weighted by Crippen LogP contribution is -2.36. The first kappa shape index (κ1) is 23.2. The summed E-state index contributed by atoms with van der Waals surface area (Å²) in [7, 11) is 0. The van der Waals surface area contributed by atoms with E-state index in [1.165, 1.54) is 6.08 Å². The fourth-order valence-corrected chi connectivity index (χ4v) is 4.12. The van der Waals surface area contributed by atoms with Gasteiger partial charge < -0.3 is 5.32 Å². The number of nitrogens with one attached hydrogen (secondary N) is 1. The molecule has 0 atom stereocenters. The summed E-state index contributed by atoms with van der Waals surface area (Å²) in [5, 5.41) is 10.4. The number of nitrogens with zero attached hydrogens (tertiary/aromatic N) is 4. The molecule has 1 aliphatic heterocycles. The lowest BCUT2D eigenvalue weighted by atomic mass is 10.1. The summed E-state index contributed by atoms with van der Waals surface area (Å²) in [6, 6.07) is 17.6. The summed E-state index contributed by atoms with van der Waals surface area (Å²) >= 11 is 0.904. The number of hydrogen-bond donors (Lipinski definition) is 1. The summed E-state index contributed by atoms with van der Waals surface area (Å²) in [6.07, 6.45) is 6.37. The molecule has 2 heterocycles. The number of benzene rings is 2. The van der Waals surface area contributed by atoms with Crippen molar-refractivity contribution in [1.29, 1.82) is 0 Å². The van der Waals surface area contributed by atoms with E-state index in [1.54, 1.807) is 23.0 Å². The van der Waals surface area contributed by atoms with Crippen LogP contribution in [0.1, 0.15) is 22.4 Å². The molecular weight excluding hydrogens is 450 g/mol. The number of aromatic nitrogens is 3. The van der Waals surface area contributed by atoms with Crippen LogP contribution >= 0.6 is 11.8 Å². The predicted octanol–water partition coefficient (Wildman–Crippen LogP) is 3.50. The Morgan fingerprint density at radius 2 is 1.85 bits per heavy atom. The van der Waals surface area contributed by atoms with Gasteiger partial charge in [-0.1, -0.05) is 65.4 Å². The van der Waals surface area contributed by atoms with Gasteiger partial charge in [0, 0.05) is 19.2 Å². The van der Waals surface area contributed by atoms with E-state index in [9.17, 15) is 14.4 Å². The second-order valence-electron chi connectivity index (χ2n) is 7.69. The van der Waals surface area contributed by atoms with Crippen LogP contribution in [0.2, 0.25) is 0 Å². The minimum Gasteiger partial charge on any atom is -0.351 e. The molecule has 1 N–H and O–H groups in total. The first-order valence-electron chi connectivity index (χ1n) is 10.7. The molecular formula is C25H23N5O3S. The molecule has 9 heteroatoms. The SMILES string of the molecule is Cc1ccc(/C=C2\SC(=O)N(CCNC(=O)/C=C/c3cn(Cc4ccccc4)nn3)C2=O)cc1. The molecule has 3 aromatic rings. The van der Waals surface area contributed by atoms with Gasteiger partial charge in [-0.25, -0.2) is 4.68 Å². The van der Waals surface area contributed by atoms with Gasteiger partial charge >= 0.3 is 0 Å². The zero-order chi connectivity index (χ0) is 23.9. The molecule has 0 unspecified atom stereocenters. The summed E-state index contributed by atoms with van der Waals surface area (Å²) in [5.74, 6) is -0.699. The van der Waals surface area contributed by atoms with Crippen molar-refractivity contribution < 1.29 is 14.4 Å². The molecule has 1 fully saturated rings. The van der Waals surface area contributed by atoms with E-state index in [0.717, 1.165) is 33.4 Å². The van der Waals surface area contributed by atoms with E-state index in [-0.39, 0.29) is 30.1 Å². The first-order chi connectivity index (χ1) is 16.5. The standard InChI is InChI=1S/C25H23N5O3S/c1-18-7-9-19(10-8-18)15-22-24(32)30(25(33)34-22)14-13-26-23(31)12-11-21-17-29(28-27-21)16-20-5-3-2-4-6-20/h2-12,15,17H,13-14,16H2,1H3,(H,26,31)/b12-11+,22-15-. The van der Waals surface area contributed by atoms with Crippen molar-refractivity contribution in [1.82, 2.24) is 25.2 Å². The molecule has 172 valence electrons. The smallest absolute Gasteiger partial charge is 0.293 e. The number of carbonyl (C=O) groups excluding carboxylic acids is 3. The summed E-state index contributed by atoms with van der Waals surface area (Å²) in [5.41, 5.74) is 3.63. The van der Waals surface area contributed by atoms with Gasteiger partial charge in [0.1, 0.15) is 5.69 Å². The van der Waals surface area contributed by atoms with Crippen molar-refractivity contribution in [2.75, 3.05) is 13.1 Å². The number of hydrogen-bond acceptors (Lipinski definition) is 6. The summed E-state index contributed by atoms with van der Waals surface area (Å²) in [6.45, 7) is 2.82. The van der Waals surface area contributed by atoms with Gasteiger partial charge in [0.25, 0.3) is 11.1 Å². The summed E-state index contributed by atoms with van der Waals surface area (Å²) in [4.78, 5) is 38.5. The van der Waals surface area contributed by atoms with Gasteiger partial charge in [-0.2, -0.15) is 0 Å². The molecule has 0 saturated carbocycles. The minimum absolute atomic E-state index is 0.0999. The van der Waals surface area contributed by atoms with Crippen molar-refractivity contribution in [3.63, 3.8) is 0 Å². The molecule has 0 spiro atoms. The minimum atomic E-state index is -0.351. The normalized spacial score (nSPS) is 15.0. The van der Waals surface area contributed by atoms with Gasteiger partial charge in [-0.15, -0.1) is 5.10 Å². The van der Waals surface area contributed by atoms with Crippen molar-refractivity contribution >= 4 is 41.0 Å². The highest BCUT2D eigenvalue weighted by atomic mass is 32.2. The zero-order valence-corrected chi connectivity index (χ0v) is 19.4. The predicted molar refractivity (Wildman–Crippen MR) is 131 cm³/mol. The molecule has 8 nitrogen and oxygen atoms in total. The first-order valence-corrected chi connectivity index (χ1v) is 11.5. The van der Waals surface area contributed by atoms with E-state index in [0.29, 0.717) is 17.1 Å². The average molecular weight is 474 g/mol. The van der Waals surface area contributed by atoms with E-state index in [2.05, 4.69) is 15.6 Å². The number of aryl methyl sites for hydroxylation is 1. The van der Waals surface area contributed by atoms with Gasteiger partial charge in [0.2, 0.25) is 5.91 Å². The van der Waals surface area contributed by atoms with Crippen LogP contribution in [0.15, 0.2) is 71.8 Å². The number of carbonyl (C=O) groups is 3. The van der Waals surface area contributed by atoms with E-state index in [4.69, 9.17) is 0 Å². The van der Waals surface area contributed by atoms with Gasteiger partial charge in [-0.05, 0) is 42.0 Å². The largest absolute Gasteiger partial charge is 0.351 e. The molecule has 0 aliphatic carbocycles. The topological polar surface area (TPSA) is 97.2 Å². The number of imide groups is 1. The Hall–Kier alpha value is -3.98. The second-order valence-corrected chi connectivity index (χ2v) is 8.69. The Morgan fingerprint density at radius 3 is 2.62 bits per heavy atom. The highest BCUT2D eigenvalue weighted by Crippen LogP contribution is 2.31. The molecule has 3 amide bonds. The van der Waals surface area contributed by atoms with Crippen molar-refractivity contribution in [2.24, 2.45) is 0 Å². The van der Waals surface area contributed by atoms with E-state index >= 15 is 0 Å². The van der Waals surface area contributed by atoms with Gasteiger partial charge in [0.05, 0.1) is 17.6 Å². The van der Waals surface area contributed by atoms with E-state index in [1.807, 2.05) is 61.5 Å². The Bertz CT molecular complexity index is 1250. The Labute approximate surface area is 201 Å². The second kappa shape index (κ2) is 10.8. The highest BCUT2D eigenvalue weighted by molar-refractivity contribution is 8.18. The van der Waals surface area contributed by atoms with Crippen LogP contribution in [-0.4, -0.2) is 50.0 Å². The van der Waals surface area contributed by atoms with Crippen LogP contribution in [0.3, 0.4) is 0 Å². The molecule has 1 aliphatic rings. The Morgan fingerprint density at radius 1 is 1.09 bits per heavy atom. The van der Waals surface area contributed by atoms with E-state index < -0.39 is 0 Å². The number of thioether (sulfide) groups is 1. The fourth-order valence-electron chi connectivity index (χ4n) is 3.26. The molecule has 0 radical (unpaired) electrons. The lowest BCUT2D eigenvalue weighted by molar-refractivity contribution is -0.123. The van der Waals surface area contributed by atoms with Crippen molar-refractivity contribution in [3.8, 4) is 0 Å². The maximum atomic E-state index is 12.6. The average Bonchev–Trinajstić information content (AvgIpc) is 3.39. The molecule has 0 bridgehead atoms. The van der Waals surface area contributed by atoms with Gasteiger partial charge in [0.15, 0.2) is 0 Å². The van der Waals surface area contributed by atoms with Crippen LogP contribution in [0, 0.1) is 6.92 Å². The molecule has 34 heavy (non-hydrogen) atoms. The fraction of sp³-hybridized carbons (Fsp3) is 0.160.